The molecule has 10 heteroatoms. The molecule has 216 valence electrons. The van der Waals surface area contributed by atoms with Crippen molar-refractivity contribution < 1.29 is 23.9 Å². The molecule has 1 saturated carbocycles. The summed E-state index contributed by atoms with van der Waals surface area (Å²) in [5.41, 5.74) is 8.45. The first-order valence-electron chi connectivity index (χ1n) is 13.4. The summed E-state index contributed by atoms with van der Waals surface area (Å²) in [7, 11) is 0. The fourth-order valence-electron chi connectivity index (χ4n) is 4.57. The monoisotopic (exact) mass is 570 g/mol. The Morgan fingerprint density at radius 3 is 2.25 bits per heavy atom. The molecular formula is C30H39ClN4O5. The molecule has 1 fully saturated rings. The van der Waals surface area contributed by atoms with E-state index in [0.717, 1.165) is 23.1 Å². The smallest absolute Gasteiger partial charge is 0.408 e. The summed E-state index contributed by atoms with van der Waals surface area (Å²) in [4.78, 5) is 54.4. The lowest BCUT2D eigenvalue weighted by Crippen LogP contribution is -2.57. The summed E-state index contributed by atoms with van der Waals surface area (Å²) in [6.07, 6.45) is 0.896. The largest absolute Gasteiger partial charge is 0.444 e. The molecule has 40 heavy (non-hydrogen) atoms. The summed E-state index contributed by atoms with van der Waals surface area (Å²) < 4.78 is 5.34. The number of carbonyl (C=O) groups excluding carboxylic acids is 4. The van der Waals surface area contributed by atoms with Gasteiger partial charge in [-0.05, 0) is 89.1 Å². The Morgan fingerprint density at radius 1 is 1.05 bits per heavy atom. The van der Waals surface area contributed by atoms with Crippen LogP contribution in [0.2, 0.25) is 5.02 Å². The number of nitrogens with two attached hydrogens (primary N) is 1. The van der Waals surface area contributed by atoms with Gasteiger partial charge in [-0.3, -0.25) is 14.4 Å². The van der Waals surface area contributed by atoms with Gasteiger partial charge in [0.25, 0.3) is 5.91 Å². The van der Waals surface area contributed by atoms with E-state index in [1.165, 1.54) is 4.90 Å². The predicted octanol–water partition coefficient (Wildman–Crippen LogP) is 5.09. The lowest BCUT2D eigenvalue weighted by Gasteiger charge is -2.43. The minimum absolute atomic E-state index is 0.284. The normalized spacial score (nSPS) is 14.9. The van der Waals surface area contributed by atoms with E-state index in [1.807, 2.05) is 45.0 Å². The second-order valence-corrected chi connectivity index (χ2v) is 11.8. The number of amides is 4. The van der Waals surface area contributed by atoms with E-state index in [9.17, 15) is 19.2 Å². The van der Waals surface area contributed by atoms with E-state index in [2.05, 4.69) is 10.6 Å². The van der Waals surface area contributed by atoms with Gasteiger partial charge in [0.05, 0.1) is 17.1 Å². The molecule has 0 aromatic heterocycles. The lowest BCUT2D eigenvalue weighted by atomic mass is 9.87. The van der Waals surface area contributed by atoms with Gasteiger partial charge in [0, 0.05) is 6.04 Å². The van der Waals surface area contributed by atoms with Crippen molar-refractivity contribution >= 4 is 41.1 Å². The van der Waals surface area contributed by atoms with Gasteiger partial charge in [0.1, 0.15) is 17.7 Å². The minimum atomic E-state index is -1.32. The zero-order valence-corrected chi connectivity index (χ0v) is 24.7. The second-order valence-electron chi connectivity index (χ2n) is 11.4. The molecule has 0 radical (unpaired) electrons. The molecular weight excluding hydrogens is 532 g/mol. The molecule has 4 amide bonds. The van der Waals surface area contributed by atoms with Gasteiger partial charge in [-0.2, -0.15) is 0 Å². The van der Waals surface area contributed by atoms with Crippen molar-refractivity contribution in [1.82, 2.24) is 10.2 Å². The number of carbonyl (C=O) groups is 4. The fraction of sp³-hybridized carbons (Fsp3) is 0.467. The van der Waals surface area contributed by atoms with Gasteiger partial charge >= 0.3 is 6.09 Å². The van der Waals surface area contributed by atoms with Crippen LogP contribution in [0.25, 0.3) is 0 Å². The van der Waals surface area contributed by atoms with E-state index in [4.69, 9.17) is 22.1 Å². The van der Waals surface area contributed by atoms with Gasteiger partial charge < -0.3 is 26.0 Å². The molecule has 0 aliphatic heterocycles. The number of aryl methyl sites for hydroxylation is 3. The molecule has 9 nitrogen and oxygen atoms in total. The number of benzene rings is 2. The third kappa shape index (κ3) is 7.75. The molecule has 2 aromatic carbocycles. The molecule has 0 spiro atoms. The van der Waals surface area contributed by atoms with E-state index < -0.39 is 47.9 Å². The number of primary amides is 1. The summed E-state index contributed by atoms with van der Waals surface area (Å²) in [5, 5.41) is 5.82. The first-order valence-corrected chi connectivity index (χ1v) is 13.8. The number of alkyl carbamates (subject to hydrolysis) is 1. The zero-order chi connectivity index (χ0) is 29.8. The maximum absolute atomic E-state index is 14.2. The quantitative estimate of drug-likeness (QED) is 0.386. The van der Waals surface area contributed by atoms with Crippen molar-refractivity contribution in [2.24, 2.45) is 5.73 Å². The van der Waals surface area contributed by atoms with Crippen LogP contribution in [0.1, 0.15) is 74.8 Å². The van der Waals surface area contributed by atoms with Crippen LogP contribution in [0.4, 0.5) is 10.5 Å². The Morgan fingerprint density at radius 2 is 1.73 bits per heavy atom. The molecule has 0 bridgehead atoms. The van der Waals surface area contributed by atoms with Gasteiger partial charge in [-0.15, -0.1) is 0 Å². The standard InChI is InChI=1S/C30H39ClN4O5/c1-17-13-14-20(15-19(17)3)26(27(37)34-25-18(2)9-7-12-22(25)31)35(21-10-8-11-21)28(38)23(16-24(32)36)33-29(39)40-30(4,5)6/h7,9,12-15,21,23,26H,8,10-11,16H2,1-6H3,(H2,32,36)(H,33,39)(H,34,37). The number of hydrogen-bond acceptors (Lipinski definition) is 5. The first kappa shape index (κ1) is 30.9. The molecule has 1 aliphatic rings. The number of anilines is 1. The molecule has 2 aromatic rings. The highest BCUT2D eigenvalue weighted by molar-refractivity contribution is 6.34. The van der Waals surface area contributed by atoms with Crippen LogP contribution in [-0.2, 0) is 19.1 Å². The minimum Gasteiger partial charge on any atom is -0.444 e. The number of rotatable bonds is 9. The van der Waals surface area contributed by atoms with E-state index >= 15 is 0 Å². The van der Waals surface area contributed by atoms with Crippen LogP contribution in [-0.4, -0.2) is 46.4 Å². The zero-order valence-electron chi connectivity index (χ0n) is 24.0. The lowest BCUT2D eigenvalue weighted by molar-refractivity contribution is -0.146. The molecule has 4 N–H and O–H groups in total. The van der Waals surface area contributed by atoms with Crippen LogP contribution >= 0.6 is 11.6 Å². The number of nitrogens with zero attached hydrogens (tertiary/aromatic N) is 1. The van der Waals surface area contributed by atoms with Crippen LogP contribution in [0, 0.1) is 20.8 Å². The van der Waals surface area contributed by atoms with Crippen molar-refractivity contribution in [2.45, 2.75) is 91.0 Å². The number of ether oxygens (including phenoxy) is 1. The third-order valence-corrected chi connectivity index (χ3v) is 7.28. The topological polar surface area (TPSA) is 131 Å². The Hall–Kier alpha value is -3.59. The van der Waals surface area contributed by atoms with Crippen molar-refractivity contribution in [3.8, 4) is 0 Å². The molecule has 1 aliphatic carbocycles. The van der Waals surface area contributed by atoms with Crippen molar-refractivity contribution in [3.05, 3.63) is 63.7 Å². The molecule has 0 heterocycles. The summed E-state index contributed by atoms with van der Waals surface area (Å²) in [6.45, 7) is 10.8. The highest BCUT2D eigenvalue weighted by Gasteiger charge is 2.42. The predicted molar refractivity (Wildman–Crippen MR) is 155 cm³/mol. The van der Waals surface area contributed by atoms with Crippen LogP contribution < -0.4 is 16.4 Å². The van der Waals surface area contributed by atoms with E-state index in [1.54, 1.807) is 32.9 Å². The Labute approximate surface area is 240 Å². The SMILES string of the molecule is Cc1ccc(C(C(=O)Nc2c(C)cccc2Cl)N(C(=O)C(CC(N)=O)NC(=O)OC(C)(C)C)C2CCC2)cc1C. The first-order chi connectivity index (χ1) is 18.7. The third-order valence-electron chi connectivity index (χ3n) is 6.96. The Bertz CT molecular complexity index is 1270. The van der Waals surface area contributed by atoms with Gasteiger partial charge in [-0.1, -0.05) is 41.9 Å². The average Bonchev–Trinajstić information content (AvgIpc) is 2.79. The van der Waals surface area contributed by atoms with Crippen molar-refractivity contribution in [3.63, 3.8) is 0 Å². The Kier molecular flexibility index (Phi) is 9.84. The number of nitrogens with one attached hydrogen (secondary N) is 2. The highest BCUT2D eigenvalue weighted by atomic mass is 35.5. The van der Waals surface area contributed by atoms with Gasteiger partial charge in [0.2, 0.25) is 11.8 Å². The van der Waals surface area contributed by atoms with Crippen LogP contribution in [0.5, 0.6) is 0 Å². The maximum atomic E-state index is 14.2. The summed E-state index contributed by atoms with van der Waals surface area (Å²) in [6, 6.07) is 8.21. The van der Waals surface area contributed by atoms with Crippen LogP contribution in [0.3, 0.4) is 0 Å². The van der Waals surface area contributed by atoms with Crippen molar-refractivity contribution in [1.29, 1.82) is 0 Å². The molecule has 2 unspecified atom stereocenters. The van der Waals surface area contributed by atoms with E-state index in [-0.39, 0.29) is 6.04 Å². The fourth-order valence-corrected chi connectivity index (χ4v) is 4.84. The average molecular weight is 571 g/mol. The summed E-state index contributed by atoms with van der Waals surface area (Å²) >= 11 is 6.42. The number of hydrogen-bond donors (Lipinski definition) is 3. The molecule has 0 saturated heterocycles. The number of halogens is 1. The Balaban J connectivity index is 2.09. The van der Waals surface area contributed by atoms with Crippen molar-refractivity contribution in [2.75, 3.05) is 5.32 Å². The van der Waals surface area contributed by atoms with E-state index in [0.29, 0.717) is 29.1 Å². The van der Waals surface area contributed by atoms with Gasteiger partial charge in [-0.25, -0.2) is 4.79 Å². The van der Waals surface area contributed by atoms with Crippen LogP contribution in [0.15, 0.2) is 36.4 Å². The number of para-hydroxylation sites is 1. The highest BCUT2D eigenvalue weighted by Crippen LogP contribution is 2.36. The molecule has 2 atom stereocenters. The molecule has 3 rings (SSSR count). The second kappa shape index (κ2) is 12.7. The van der Waals surface area contributed by atoms with Gasteiger partial charge in [0.15, 0.2) is 0 Å². The summed E-state index contributed by atoms with van der Waals surface area (Å²) in [5.74, 6) is -1.83. The maximum Gasteiger partial charge on any atom is 0.408 e.